The van der Waals surface area contributed by atoms with Gasteiger partial charge in [0.25, 0.3) is 0 Å². The summed E-state index contributed by atoms with van der Waals surface area (Å²) in [6, 6.07) is 18.4. The van der Waals surface area contributed by atoms with Gasteiger partial charge in [-0.05, 0) is 49.4 Å². The average molecular weight is 419 g/mol. The smallest absolute Gasteiger partial charge is 0.224 e. The minimum Gasteiger partial charge on any atom is -0.356 e. The molecule has 160 valence electrons. The summed E-state index contributed by atoms with van der Waals surface area (Å²) in [7, 11) is 0. The van der Waals surface area contributed by atoms with E-state index in [2.05, 4.69) is 32.3 Å². The lowest BCUT2D eigenvalue weighted by molar-refractivity contribution is -0.125. The fraction of sp³-hybridized carbons (Fsp3) is 0.320. The Hall–Kier alpha value is -3.28. The van der Waals surface area contributed by atoms with Crippen LogP contribution in [0, 0.1) is 11.7 Å². The van der Waals surface area contributed by atoms with Crippen LogP contribution in [0.25, 0.3) is 11.4 Å². The molecule has 1 aliphatic rings. The van der Waals surface area contributed by atoms with Gasteiger partial charge in [0.1, 0.15) is 11.6 Å². The van der Waals surface area contributed by atoms with Gasteiger partial charge in [-0.2, -0.15) is 0 Å². The summed E-state index contributed by atoms with van der Waals surface area (Å²) < 4.78 is 13.6. The number of halogens is 1. The van der Waals surface area contributed by atoms with Gasteiger partial charge in [-0.3, -0.25) is 4.79 Å². The third-order valence-corrected chi connectivity index (χ3v) is 5.62. The molecule has 4 rings (SSSR count). The fourth-order valence-electron chi connectivity index (χ4n) is 3.98. The number of anilines is 1. The molecule has 2 heterocycles. The van der Waals surface area contributed by atoms with E-state index < -0.39 is 0 Å². The van der Waals surface area contributed by atoms with Crippen LogP contribution in [0.5, 0.6) is 0 Å². The summed E-state index contributed by atoms with van der Waals surface area (Å²) in [6.45, 7) is 2.16. The van der Waals surface area contributed by atoms with Crippen LogP contribution in [0.2, 0.25) is 0 Å². The van der Waals surface area contributed by atoms with Gasteiger partial charge in [-0.15, -0.1) is 0 Å². The molecule has 0 spiro atoms. The van der Waals surface area contributed by atoms with E-state index in [1.165, 1.54) is 17.7 Å². The Labute approximate surface area is 182 Å². The van der Waals surface area contributed by atoms with E-state index in [-0.39, 0.29) is 17.6 Å². The summed E-state index contributed by atoms with van der Waals surface area (Å²) in [4.78, 5) is 23.7. The van der Waals surface area contributed by atoms with Crippen molar-refractivity contribution in [2.45, 2.75) is 25.7 Å². The number of carbonyl (C=O) groups is 1. The number of carbonyl (C=O) groups excluding carboxylic acids is 1. The summed E-state index contributed by atoms with van der Waals surface area (Å²) in [6.07, 6.45) is 5.39. The van der Waals surface area contributed by atoms with Gasteiger partial charge in [-0.25, -0.2) is 14.4 Å². The Balaban J connectivity index is 1.33. The monoisotopic (exact) mass is 418 g/mol. The third-order valence-electron chi connectivity index (χ3n) is 5.62. The first-order valence-corrected chi connectivity index (χ1v) is 10.8. The van der Waals surface area contributed by atoms with Crippen molar-refractivity contribution in [3.8, 4) is 11.4 Å². The number of amides is 1. The van der Waals surface area contributed by atoms with Gasteiger partial charge in [0.05, 0.1) is 5.92 Å². The van der Waals surface area contributed by atoms with Crippen LogP contribution < -0.4 is 10.2 Å². The van der Waals surface area contributed by atoms with Gasteiger partial charge in [0.2, 0.25) is 5.91 Å². The molecule has 1 N–H and O–H groups in total. The second-order valence-electron chi connectivity index (χ2n) is 7.91. The number of aromatic nitrogens is 2. The Bertz CT molecular complexity index is 1010. The second kappa shape index (κ2) is 10.2. The van der Waals surface area contributed by atoms with Crippen molar-refractivity contribution >= 4 is 11.7 Å². The molecule has 1 fully saturated rings. The molecule has 1 aromatic heterocycles. The molecule has 1 atom stereocenters. The molecular weight excluding hydrogens is 391 g/mol. The molecule has 0 saturated carbocycles. The minimum atomic E-state index is -0.312. The third kappa shape index (κ3) is 5.66. The lowest BCUT2D eigenvalue weighted by Crippen LogP contribution is -2.43. The molecule has 6 heteroatoms. The Morgan fingerprint density at radius 2 is 2.00 bits per heavy atom. The SMILES string of the molecule is O=C(NCCCc1ccccc1)[C@H]1CCCN(c2ccnc(-c3cccc(F)c3)n2)C1. The van der Waals surface area contributed by atoms with E-state index >= 15 is 0 Å². The van der Waals surface area contributed by atoms with Crippen molar-refractivity contribution in [1.82, 2.24) is 15.3 Å². The maximum atomic E-state index is 13.6. The summed E-state index contributed by atoms with van der Waals surface area (Å²) in [5, 5.41) is 3.10. The van der Waals surface area contributed by atoms with Gasteiger partial charge in [0.15, 0.2) is 5.82 Å². The highest BCUT2D eigenvalue weighted by Gasteiger charge is 2.26. The Morgan fingerprint density at radius 3 is 2.84 bits per heavy atom. The zero-order chi connectivity index (χ0) is 21.5. The number of piperidine rings is 1. The first kappa shape index (κ1) is 21.0. The average Bonchev–Trinajstić information content (AvgIpc) is 2.82. The number of nitrogens with one attached hydrogen (secondary N) is 1. The van der Waals surface area contributed by atoms with Gasteiger partial charge in [-0.1, -0.05) is 42.5 Å². The quantitative estimate of drug-likeness (QED) is 0.583. The number of benzene rings is 2. The van der Waals surface area contributed by atoms with E-state index in [9.17, 15) is 9.18 Å². The normalized spacial score (nSPS) is 16.2. The number of hydrogen-bond acceptors (Lipinski definition) is 4. The Morgan fingerprint density at radius 1 is 1.13 bits per heavy atom. The minimum absolute atomic E-state index is 0.0574. The van der Waals surface area contributed by atoms with Crippen LogP contribution in [0.3, 0.4) is 0 Å². The molecular formula is C25H27FN4O. The first-order chi connectivity index (χ1) is 15.2. The van der Waals surface area contributed by atoms with E-state index in [4.69, 9.17) is 0 Å². The second-order valence-corrected chi connectivity index (χ2v) is 7.91. The highest BCUT2D eigenvalue weighted by Crippen LogP contribution is 2.24. The predicted molar refractivity (Wildman–Crippen MR) is 120 cm³/mol. The molecule has 1 saturated heterocycles. The molecule has 0 unspecified atom stereocenters. The fourth-order valence-corrected chi connectivity index (χ4v) is 3.98. The maximum Gasteiger partial charge on any atom is 0.224 e. The van der Waals surface area contributed by atoms with Crippen LogP contribution in [0.1, 0.15) is 24.8 Å². The summed E-state index contributed by atoms with van der Waals surface area (Å²) in [5.74, 6) is 1.00. The highest BCUT2D eigenvalue weighted by atomic mass is 19.1. The van der Waals surface area contributed by atoms with Crippen LogP contribution in [0.15, 0.2) is 66.9 Å². The Kier molecular flexibility index (Phi) is 6.87. The van der Waals surface area contributed by atoms with E-state index in [1.807, 2.05) is 24.3 Å². The van der Waals surface area contributed by atoms with Crippen molar-refractivity contribution < 1.29 is 9.18 Å². The zero-order valence-corrected chi connectivity index (χ0v) is 17.5. The van der Waals surface area contributed by atoms with Gasteiger partial charge < -0.3 is 10.2 Å². The maximum absolute atomic E-state index is 13.6. The number of aryl methyl sites for hydroxylation is 1. The zero-order valence-electron chi connectivity index (χ0n) is 17.5. The van der Waals surface area contributed by atoms with Crippen LogP contribution in [-0.4, -0.2) is 35.5 Å². The van der Waals surface area contributed by atoms with Gasteiger partial charge in [0, 0.05) is 31.4 Å². The van der Waals surface area contributed by atoms with Crippen molar-refractivity contribution in [3.63, 3.8) is 0 Å². The lowest BCUT2D eigenvalue weighted by Gasteiger charge is -2.33. The number of nitrogens with zero attached hydrogens (tertiary/aromatic N) is 3. The molecule has 0 bridgehead atoms. The summed E-state index contributed by atoms with van der Waals surface area (Å²) >= 11 is 0. The first-order valence-electron chi connectivity index (χ1n) is 10.8. The largest absolute Gasteiger partial charge is 0.356 e. The van der Waals surface area contributed by atoms with Crippen LogP contribution >= 0.6 is 0 Å². The van der Waals surface area contributed by atoms with E-state index in [0.29, 0.717) is 24.5 Å². The molecule has 0 radical (unpaired) electrons. The predicted octanol–water partition coefficient (Wildman–Crippen LogP) is 4.25. The molecule has 2 aromatic carbocycles. The number of hydrogen-bond donors (Lipinski definition) is 1. The molecule has 5 nitrogen and oxygen atoms in total. The van der Waals surface area contributed by atoms with Crippen molar-refractivity contribution in [2.24, 2.45) is 5.92 Å². The molecule has 0 aliphatic carbocycles. The highest BCUT2D eigenvalue weighted by molar-refractivity contribution is 5.79. The molecule has 3 aromatic rings. The molecule has 1 aliphatic heterocycles. The van der Waals surface area contributed by atoms with Crippen molar-refractivity contribution in [2.75, 3.05) is 24.5 Å². The van der Waals surface area contributed by atoms with Crippen LogP contribution in [-0.2, 0) is 11.2 Å². The van der Waals surface area contributed by atoms with E-state index in [0.717, 1.165) is 38.0 Å². The van der Waals surface area contributed by atoms with E-state index in [1.54, 1.807) is 18.3 Å². The lowest BCUT2D eigenvalue weighted by atomic mass is 9.97. The van der Waals surface area contributed by atoms with Crippen molar-refractivity contribution in [3.05, 3.63) is 78.2 Å². The summed E-state index contributed by atoms with van der Waals surface area (Å²) in [5.41, 5.74) is 1.94. The molecule has 1 amide bonds. The van der Waals surface area contributed by atoms with Gasteiger partial charge >= 0.3 is 0 Å². The standard InChI is InChI=1S/C25H27FN4O/c26-22-12-4-10-20(17-22)24-27-15-13-23(29-24)30-16-6-11-21(18-30)25(31)28-14-5-9-19-7-2-1-3-8-19/h1-4,7-8,10,12-13,15,17,21H,5-6,9,11,14,16,18H2,(H,28,31)/t21-/m0/s1. The van der Waals surface area contributed by atoms with Crippen LogP contribution in [0.4, 0.5) is 10.2 Å². The number of rotatable bonds is 7. The topological polar surface area (TPSA) is 58.1 Å². The molecule has 31 heavy (non-hydrogen) atoms. The van der Waals surface area contributed by atoms with Crippen molar-refractivity contribution in [1.29, 1.82) is 0 Å².